The van der Waals surface area contributed by atoms with Gasteiger partial charge in [-0.2, -0.15) is 0 Å². The van der Waals surface area contributed by atoms with Crippen LogP contribution >= 0.6 is 0 Å². The van der Waals surface area contributed by atoms with Crippen LogP contribution in [0.4, 0.5) is 5.82 Å². The van der Waals surface area contributed by atoms with Crippen molar-refractivity contribution in [1.82, 2.24) is 15.1 Å². The van der Waals surface area contributed by atoms with Crippen LogP contribution in [-0.4, -0.2) is 53.7 Å². The maximum Gasteiger partial charge on any atom is 0.274 e. The van der Waals surface area contributed by atoms with E-state index >= 15 is 0 Å². The minimum absolute atomic E-state index is 0.00203. The first-order chi connectivity index (χ1) is 10.8. The highest BCUT2D eigenvalue weighted by molar-refractivity contribution is 5.92. The van der Waals surface area contributed by atoms with Crippen molar-refractivity contribution in [2.45, 2.75) is 32.1 Å². The fourth-order valence-electron chi connectivity index (χ4n) is 3.44. The van der Waals surface area contributed by atoms with Crippen LogP contribution in [0.15, 0.2) is 12.1 Å². The molecule has 0 bridgehead atoms. The number of aromatic nitrogens is 2. The number of amides is 1. The van der Waals surface area contributed by atoms with E-state index in [0.29, 0.717) is 18.2 Å². The molecule has 1 atom stereocenters. The predicted molar refractivity (Wildman–Crippen MR) is 85.8 cm³/mol. The van der Waals surface area contributed by atoms with Gasteiger partial charge in [0.05, 0.1) is 0 Å². The third-order valence-corrected chi connectivity index (χ3v) is 4.68. The van der Waals surface area contributed by atoms with Crippen molar-refractivity contribution in [3.63, 3.8) is 0 Å². The van der Waals surface area contributed by atoms with E-state index in [-0.39, 0.29) is 5.91 Å². The van der Waals surface area contributed by atoms with E-state index in [1.54, 1.807) is 0 Å². The van der Waals surface area contributed by atoms with Gasteiger partial charge < -0.3 is 15.5 Å². The molecular formula is C16H25N5O. The smallest absolute Gasteiger partial charge is 0.274 e. The molecule has 1 unspecified atom stereocenters. The molecule has 6 heteroatoms. The van der Waals surface area contributed by atoms with Gasteiger partial charge in [-0.25, -0.2) is 0 Å². The summed E-state index contributed by atoms with van der Waals surface area (Å²) >= 11 is 0. The number of carbonyl (C=O) groups excluding carboxylic acids is 1. The maximum absolute atomic E-state index is 12.6. The van der Waals surface area contributed by atoms with Crippen molar-refractivity contribution < 1.29 is 4.79 Å². The van der Waals surface area contributed by atoms with Crippen LogP contribution < -0.4 is 10.6 Å². The van der Waals surface area contributed by atoms with Gasteiger partial charge in [0.15, 0.2) is 11.5 Å². The number of likely N-dealkylation sites (tertiary alicyclic amines) is 1. The van der Waals surface area contributed by atoms with Gasteiger partial charge in [0.25, 0.3) is 5.91 Å². The van der Waals surface area contributed by atoms with Crippen LogP contribution in [0.2, 0.25) is 0 Å². The number of hydrogen-bond acceptors (Lipinski definition) is 5. The van der Waals surface area contributed by atoms with Gasteiger partial charge in [-0.1, -0.05) is 0 Å². The van der Waals surface area contributed by atoms with Gasteiger partial charge >= 0.3 is 0 Å². The first kappa shape index (κ1) is 15.2. The average Bonchev–Trinajstić information content (AvgIpc) is 3.09. The van der Waals surface area contributed by atoms with E-state index in [4.69, 9.17) is 5.73 Å². The first-order valence-electron chi connectivity index (χ1n) is 8.36. The molecule has 2 aliphatic rings. The van der Waals surface area contributed by atoms with Crippen LogP contribution in [0.3, 0.4) is 0 Å². The molecule has 2 aliphatic heterocycles. The number of hydrogen-bond donors (Lipinski definition) is 1. The Morgan fingerprint density at radius 3 is 2.68 bits per heavy atom. The molecule has 0 spiro atoms. The number of carbonyl (C=O) groups is 1. The summed E-state index contributed by atoms with van der Waals surface area (Å²) in [5.74, 6) is 1.41. The summed E-state index contributed by atoms with van der Waals surface area (Å²) in [6.07, 6.45) is 5.62. The summed E-state index contributed by atoms with van der Waals surface area (Å²) in [5, 5.41) is 8.40. The topological polar surface area (TPSA) is 75.3 Å². The zero-order chi connectivity index (χ0) is 15.4. The zero-order valence-electron chi connectivity index (χ0n) is 13.1. The molecule has 1 aromatic rings. The highest BCUT2D eigenvalue weighted by Crippen LogP contribution is 2.21. The Morgan fingerprint density at radius 1 is 1.18 bits per heavy atom. The molecule has 120 valence electrons. The highest BCUT2D eigenvalue weighted by Gasteiger charge is 2.25. The second-order valence-electron chi connectivity index (χ2n) is 6.31. The Kier molecular flexibility index (Phi) is 4.87. The summed E-state index contributed by atoms with van der Waals surface area (Å²) in [5.41, 5.74) is 6.09. The fourth-order valence-corrected chi connectivity index (χ4v) is 3.44. The van der Waals surface area contributed by atoms with Crippen molar-refractivity contribution >= 4 is 11.7 Å². The summed E-state index contributed by atoms with van der Waals surface area (Å²) in [7, 11) is 0. The summed E-state index contributed by atoms with van der Waals surface area (Å²) in [6.45, 7) is 4.38. The molecule has 0 saturated carbocycles. The van der Waals surface area contributed by atoms with Crippen molar-refractivity contribution in [1.29, 1.82) is 0 Å². The van der Waals surface area contributed by atoms with Crippen molar-refractivity contribution in [2.24, 2.45) is 11.7 Å². The van der Waals surface area contributed by atoms with Crippen LogP contribution in [-0.2, 0) is 0 Å². The lowest BCUT2D eigenvalue weighted by Crippen LogP contribution is -2.40. The molecule has 2 N–H and O–H groups in total. The minimum Gasteiger partial charge on any atom is -0.355 e. The third-order valence-electron chi connectivity index (χ3n) is 4.68. The largest absolute Gasteiger partial charge is 0.355 e. The molecule has 2 saturated heterocycles. The SMILES string of the molecule is NCCC1CCCN(C(=O)c2ccc(N3CCCC3)nn2)C1. The molecule has 3 heterocycles. The molecular weight excluding hydrogens is 278 g/mol. The average molecular weight is 303 g/mol. The molecule has 0 aromatic carbocycles. The summed E-state index contributed by atoms with van der Waals surface area (Å²) < 4.78 is 0. The van der Waals surface area contributed by atoms with Crippen LogP contribution in [0.1, 0.15) is 42.6 Å². The quantitative estimate of drug-likeness (QED) is 0.907. The van der Waals surface area contributed by atoms with Crippen LogP contribution in [0.5, 0.6) is 0 Å². The molecule has 1 aromatic heterocycles. The van der Waals surface area contributed by atoms with E-state index in [1.807, 2.05) is 17.0 Å². The Hall–Kier alpha value is -1.69. The van der Waals surface area contributed by atoms with Gasteiger partial charge in [0, 0.05) is 26.2 Å². The van der Waals surface area contributed by atoms with Gasteiger partial charge in [-0.05, 0) is 56.7 Å². The number of rotatable bonds is 4. The molecule has 3 rings (SSSR count). The zero-order valence-corrected chi connectivity index (χ0v) is 13.1. The molecule has 2 fully saturated rings. The number of nitrogens with two attached hydrogens (primary N) is 1. The molecule has 6 nitrogen and oxygen atoms in total. The van der Waals surface area contributed by atoms with Crippen molar-refractivity contribution in [2.75, 3.05) is 37.6 Å². The van der Waals surface area contributed by atoms with E-state index in [1.165, 1.54) is 19.3 Å². The van der Waals surface area contributed by atoms with E-state index < -0.39 is 0 Å². The van der Waals surface area contributed by atoms with Crippen molar-refractivity contribution in [3.05, 3.63) is 17.8 Å². The van der Waals surface area contributed by atoms with Crippen molar-refractivity contribution in [3.8, 4) is 0 Å². The monoisotopic (exact) mass is 303 g/mol. The predicted octanol–water partition coefficient (Wildman–Crippen LogP) is 1.28. The summed E-state index contributed by atoms with van der Waals surface area (Å²) in [6, 6.07) is 3.74. The number of nitrogens with zero attached hydrogens (tertiary/aromatic N) is 4. The van der Waals surface area contributed by atoms with Gasteiger partial charge in [-0.3, -0.25) is 4.79 Å². The second kappa shape index (κ2) is 7.05. The Bertz CT molecular complexity index is 496. The van der Waals surface area contributed by atoms with E-state index in [0.717, 1.165) is 44.8 Å². The standard InChI is InChI=1S/C16H25N5O/c17-8-7-13-4-3-11-21(12-13)16(22)14-5-6-15(19-18-14)20-9-1-2-10-20/h5-6,13H,1-4,7-12,17H2. The Balaban J connectivity index is 1.64. The normalized spacial score (nSPS) is 22.1. The van der Waals surface area contributed by atoms with E-state index in [9.17, 15) is 4.79 Å². The van der Waals surface area contributed by atoms with Crippen LogP contribution in [0, 0.1) is 5.92 Å². The molecule has 0 aliphatic carbocycles. The first-order valence-corrected chi connectivity index (χ1v) is 8.36. The second-order valence-corrected chi connectivity index (χ2v) is 6.31. The lowest BCUT2D eigenvalue weighted by atomic mass is 9.94. The third kappa shape index (κ3) is 3.38. The van der Waals surface area contributed by atoms with Gasteiger partial charge in [0.2, 0.25) is 0 Å². The lowest BCUT2D eigenvalue weighted by Gasteiger charge is -2.32. The minimum atomic E-state index is 0.00203. The number of anilines is 1. The van der Waals surface area contributed by atoms with Crippen LogP contribution in [0.25, 0.3) is 0 Å². The maximum atomic E-state index is 12.6. The van der Waals surface area contributed by atoms with E-state index in [2.05, 4.69) is 15.1 Å². The van der Waals surface area contributed by atoms with Gasteiger partial charge in [-0.15, -0.1) is 10.2 Å². The summed E-state index contributed by atoms with van der Waals surface area (Å²) in [4.78, 5) is 16.7. The molecule has 22 heavy (non-hydrogen) atoms. The molecule has 0 radical (unpaired) electrons. The Labute approximate surface area is 131 Å². The lowest BCUT2D eigenvalue weighted by molar-refractivity contribution is 0.0662. The fraction of sp³-hybridized carbons (Fsp3) is 0.688. The highest BCUT2D eigenvalue weighted by atomic mass is 16.2. The van der Waals surface area contributed by atoms with Gasteiger partial charge in [0.1, 0.15) is 0 Å². The molecule has 1 amide bonds. The Morgan fingerprint density at radius 2 is 2.00 bits per heavy atom. The number of piperidine rings is 1.